The summed E-state index contributed by atoms with van der Waals surface area (Å²) in [6.45, 7) is 0.602. The standard InChI is InChI=1S/C20H35BrO2/c1-2-3-4-5-6-7-8-9-13-16-19-23-20(22)17-14-11-10-12-15-18-21/h1H,3-19H2. The second kappa shape index (κ2) is 19.6. The van der Waals surface area contributed by atoms with Crippen molar-refractivity contribution < 1.29 is 9.53 Å². The zero-order valence-electron chi connectivity index (χ0n) is 14.8. The Morgan fingerprint density at radius 2 is 1.30 bits per heavy atom. The van der Waals surface area contributed by atoms with E-state index in [1.165, 1.54) is 64.2 Å². The predicted octanol–water partition coefficient (Wildman–Crippen LogP) is 6.41. The van der Waals surface area contributed by atoms with E-state index in [9.17, 15) is 4.79 Å². The van der Waals surface area contributed by atoms with E-state index < -0.39 is 0 Å². The summed E-state index contributed by atoms with van der Waals surface area (Å²) in [4.78, 5) is 11.5. The van der Waals surface area contributed by atoms with Gasteiger partial charge >= 0.3 is 5.97 Å². The summed E-state index contributed by atoms with van der Waals surface area (Å²) in [5.41, 5.74) is 0. The number of rotatable bonds is 17. The van der Waals surface area contributed by atoms with Crippen LogP contribution in [0.4, 0.5) is 0 Å². The number of hydrogen-bond acceptors (Lipinski definition) is 2. The Kier molecular flexibility index (Phi) is 19.1. The second-order valence-corrected chi connectivity index (χ2v) is 7.00. The number of unbranched alkanes of at least 4 members (excludes halogenated alkanes) is 12. The van der Waals surface area contributed by atoms with Gasteiger partial charge in [0, 0.05) is 18.2 Å². The van der Waals surface area contributed by atoms with Crippen molar-refractivity contribution in [3.8, 4) is 12.3 Å². The lowest BCUT2D eigenvalue weighted by Gasteiger charge is -2.05. The van der Waals surface area contributed by atoms with Gasteiger partial charge in [-0.25, -0.2) is 0 Å². The van der Waals surface area contributed by atoms with Gasteiger partial charge in [-0.1, -0.05) is 73.7 Å². The van der Waals surface area contributed by atoms with E-state index in [1.807, 2.05) is 0 Å². The molecule has 0 fully saturated rings. The predicted molar refractivity (Wildman–Crippen MR) is 103 cm³/mol. The molecule has 0 radical (unpaired) electrons. The summed E-state index contributed by atoms with van der Waals surface area (Å²) in [7, 11) is 0. The molecule has 0 unspecified atom stereocenters. The number of terminal acetylenes is 1. The van der Waals surface area contributed by atoms with Crippen molar-refractivity contribution in [2.45, 2.75) is 96.3 Å². The molecule has 0 aromatic rings. The van der Waals surface area contributed by atoms with Crippen LogP contribution in [0.3, 0.4) is 0 Å². The molecule has 0 heterocycles. The highest BCUT2D eigenvalue weighted by Gasteiger charge is 2.02. The topological polar surface area (TPSA) is 26.3 Å². The Bertz CT molecular complexity index is 297. The summed E-state index contributed by atoms with van der Waals surface area (Å²) in [5, 5.41) is 1.08. The fourth-order valence-corrected chi connectivity index (χ4v) is 2.94. The van der Waals surface area contributed by atoms with Crippen molar-refractivity contribution in [3.63, 3.8) is 0 Å². The molecular formula is C20H35BrO2. The van der Waals surface area contributed by atoms with E-state index in [2.05, 4.69) is 21.9 Å². The zero-order chi connectivity index (χ0) is 17.0. The zero-order valence-corrected chi connectivity index (χ0v) is 16.4. The third kappa shape index (κ3) is 19.5. The van der Waals surface area contributed by atoms with Crippen molar-refractivity contribution in [2.24, 2.45) is 0 Å². The van der Waals surface area contributed by atoms with Gasteiger partial charge in [-0.2, -0.15) is 0 Å². The molecule has 23 heavy (non-hydrogen) atoms. The Morgan fingerprint density at radius 1 is 0.783 bits per heavy atom. The van der Waals surface area contributed by atoms with E-state index in [1.54, 1.807) is 0 Å². The number of alkyl halides is 1. The number of carbonyl (C=O) groups is 1. The molecule has 0 spiro atoms. The quantitative estimate of drug-likeness (QED) is 0.125. The average Bonchev–Trinajstić information content (AvgIpc) is 2.56. The lowest BCUT2D eigenvalue weighted by Crippen LogP contribution is -2.05. The maximum absolute atomic E-state index is 11.5. The first-order valence-corrected chi connectivity index (χ1v) is 10.6. The number of ether oxygens (including phenoxy) is 1. The number of carbonyl (C=O) groups excluding carboxylic acids is 1. The second-order valence-electron chi connectivity index (χ2n) is 6.21. The van der Waals surface area contributed by atoms with Crippen LogP contribution in [-0.4, -0.2) is 17.9 Å². The van der Waals surface area contributed by atoms with E-state index in [4.69, 9.17) is 11.2 Å². The third-order valence-electron chi connectivity index (χ3n) is 3.99. The van der Waals surface area contributed by atoms with Gasteiger partial charge in [-0.05, 0) is 25.7 Å². The monoisotopic (exact) mass is 386 g/mol. The van der Waals surface area contributed by atoms with Crippen LogP contribution in [0, 0.1) is 12.3 Å². The van der Waals surface area contributed by atoms with Crippen LogP contribution in [0.25, 0.3) is 0 Å². The maximum atomic E-state index is 11.5. The van der Waals surface area contributed by atoms with Crippen LogP contribution in [0.1, 0.15) is 96.3 Å². The highest BCUT2D eigenvalue weighted by atomic mass is 79.9. The molecule has 0 saturated carbocycles. The van der Waals surface area contributed by atoms with E-state index in [0.29, 0.717) is 13.0 Å². The maximum Gasteiger partial charge on any atom is 0.305 e. The number of esters is 1. The van der Waals surface area contributed by atoms with Crippen molar-refractivity contribution in [1.29, 1.82) is 0 Å². The van der Waals surface area contributed by atoms with E-state index >= 15 is 0 Å². The van der Waals surface area contributed by atoms with Crippen LogP contribution in [0.2, 0.25) is 0 Å². The molecule has 0 aliphatic rings. The Labute approximate surface area is 152 Å². The van der Waals surface area contributed by atoms with Gasteiger partial charge in [0.2, 0.25) is 0 Å². The SMILES string of the molecule is C#CCCCCCCCCCCOC(=O)CCCCCCCBr. The first kappa shape index (κ1) is 22.5. The molecule has 2 nitrogen and oxygen atoms in total. The van der Waals surface area contributed by atoms with E-state index in [-0.39, 0.29) is 5.97 Å². The normalized spacial score (nSPS) is 10.4. The van der Waals surface area contributed by atoms with Gasteiger partial charge in [-0.3, -0.25) is 4.79 Å². The summed E-state index contributed by atoms with van der Waals surface area (Å²) < 4.78 is 5.28. The summed E-state index contributed by atoms with van der Waals surface area (Å²) in [6, 6.07) is 0. The van der Waals surface area contributed by atoms with Gasteiger partial charge in [-0.15, -0.1) is 12.3 Å². The van der Waals surface area contributed by atoms with Gasteiger partial charge < -0.3 is 4.74 Å². The van der Waals surface area contributed by atoms with Crippen LogP contribution < -0.4 is 0 Å². The summed E-state index contributed by atoms with van der Waals surface area (Å²) >= 11 is 3.43. The smallest absolute Gasteiger partial charge is 0.305 e. The van der Waals surface area contributed by atoms with Crippen molar-refractivity contribution >= 4 is 21.9 Å². The molecule has 0 saturated heterocycles. The number of hydrogen-bond donors (Lipinski definition) is 0. The lowest BCUT2D eigenvalue weighted by molar-refractivity contribution is -0.143. The summed E-state index contributed by atoms with van der Waals surface area (Å²) in [6.07, 6.45) is 22.3. The minimum atomic E-state index is -0.0148. The molecule has 0 aliphatic heterocycles. The highest BCUT2D eigenvalue weighted by Crippen LogP contribution is 2.10. The average molecular weight is 387 g/mol. The molecule has 0 atom stereocenters. The third-order valence-corrected chi connectivity index (χ3v) is 4.55. The molecule has 0 bridgehead atoms. The minimum Gasteiger partial charge on any atom is -0.466 e. The fraction of sp³-hybridized carbons (Fsp3) is 0.850. The van der Waals surface area contributed by atoms with Crippen LogP contribution in [0.5, 0.6) is 0 Å². The van der Waals surface area contributed by atoms with Gasteiger partial charge in [0.25, 0.3) is 0 Å². The van der Waals surface area contributed by atoms with Crippen molar-refractivity contribution in [2.75, 3.05) is 11.9 Å². The van der Waals surface area contributed by atoms with Gasteiger partial charge in [0.15, 0.2) is 0 Å². The molecule has 0 aromatic carbocycles. The first-order chi connectivity index (χ1) is 11.3. The van der Waals surface area contributed by atoms with E-state index in [0.717, 1.165) is 31.0 Å². The van der Waals surface area contributed by atoms with Gasteiger partial charge in [0.1, 0.15) is 0 Å². The van der Waals surface area contributed by atoms with Crippen LogP contribution in [-0.2, 0) is 9.53 Å². The Hall–Kier alpha value is -0.490. The molecule has 3 heteroatoms. The minimum absolute atomic E-state index is 0.0148. The first-order valence-electron chi connectivity index (χ1n) is 9.46. The Morgan fingerprint density at radius 3 is 1.91 bits per heavy atom. The van der Waals surface area contributed by atoms with Crippen LogP contribution >= 0.6 is 15.9 Å². The molecule has 0 amide bonds. The molecular weight excluding hydrogens is 352 g/mol. The van der Waals surface area contributed by atoms with Crippen molar-refractivity contribution in [1.82, 2.24) is 0 Å². The number of halogens is 1. The molecule has 0 rings (SSSR count). The van der Waals surface area contributed by atoms with Crippen molar-refractivity contribution in [3.05, 3.63) is 0 Å². The summed E-state index contributed by atoms with van der Waals surface area (Å²) in [5.74, 6) is 2.67. The van der Waals surface area contributed by atoms with Gasteiger partial charge in [0.05, 0.1) is 6.61 Å². The molecule has 134 valence electrons. The Balaban J connectivity index is 3.13. The fourth-order valence-electron chi connectivity index (χ4n) is 2.54. The highest BCUT2D eigenvalue weighted by molar-refractivity contribution is 9.09. The van der Waals surface area contributed by atoms with Crippen LogP contribution in [0.15, 0.2) is 0 Å². The molecule has 0 aromatic heterocycles. The lowest BCUT2D eigenvalue weighted by atomic mass is 10.1. The molecule has 0 aliphatic carbocycles. The molecule has 0 N–H and O–H groups in total. The largest absolute Gasteiger partial charge is 0.466 e.